The van der Waals surface area contributed by atoms with Gasteiger partial charge in [-0.25, -0.2) is 8.42 Å². The number of hydrogen-bond acceptors (Lipinski definition) is 4. The molecule has 0 spiro atoms. The Morgan fingerprint density at radius 1 is 1.07 bits per heavy atom. The number of nitrogens with zero attached hydrogens (tertiary/aromatic N) is 3. The average molecular weight is 416 g/mol. The van der Waals surface area contributed by atoms with Crippen molar-refractivity contribution in [2.75, 3.05) is 26.7 Å². The third-order valence-electron chi connectivity index (χ3n) is 4.96. The zero-order valence-electron chi connectivity index (χ0n) is 16.8. The van der Waals surface area contributed by atoms with Crippen LogP contribution in [0, 0.1) is 0 Å². The Morgan fingerprint density at radius 3 is 2.48 bits per heavy atom. The molecule has 0 atom stereocenters. The highest BCUT2D eigenvalue weighted by Gasteiger charge is 2.25. The number of sulfonamides is 1. The number of aromatic nitrogens is 1. The molecule has 1 saturated heterocycles. The molecule has 0 saturated carbocycles. The summed E-state index contributed by atoms with van der Waals surface area (Å²) in [5, 5.41) is 6.52. The summed E-state index contributed by atoms with van der Waals surface area (Å²) in [5.41, 5.74) is 2.02. The summed E-state index contributed by atoms with van der Waals surface area (Å²) in [5.74, 6) is 0.700. The van der Waals surface area contributed by atoms with E-state index in [1.807, 2.05) is 30.3 Å². The molecule has 1 fully saturated rings. The van der Waals surface area contributed by atoms with E-state index in [1.54, 1.807) is 29.7 Å². The summed E-state index contributed by atoms with van der Waals surface area (Å²) in [7, 11) is -1.66. The normalized spacial score (nSPS) is 15.8. The first kappa shape index (κ1) is 21.3. The van der Waals surface area contributed by atoms with Crippen LogP contribution in [-0.4, -0.2) is 50.3 Å². The molecular weight excluding hydrogens is 386 g/mol. The first-order chi connectivity index (χ1) is 14.1. The minimum atomic E-state index is -3.38. The van der Waals surface area contributed by atoms with Gasteiger partial charge in [0.15, 0.2) is 5.96 Å². The van der Waals surface area contributed by atoms with E-state index in [4.69, 9.17) is 0 Å². The monoisotopic (exact) mass is 415 g/mol. The molecule has 7 nitrogen and oxygen atoms in total. The topological polar surface area (TPSA) is 86.7 Å². The van der Waals surface area contributed by atoms with E-state index in [9.17, 15) is 8.42 Å². The van der Waals surface area contributed by atoms with Crippen molar-refractivity contribution in [2.45, 2.75) is 37.1 Å². The molecule has 2 heterocycles. The summed E-state index contributed by atoms with van der Waals surface area (Å²) in [6, 6.07) is 13.0. The molecule has 0 bridgehead atoms. The maximum absolute atomic E-state index is 12.7. The van der Waals surface area contributed by atoms with Crippen molar-refractivity contribution in [3.8, 4) is 0 Å². The van der Waals surface area contributed by atoms with Gasteiger partial charge in [0.1, 0.15) is 0 Å². The Kier molecular flexibility index (Phi) is 7.60. The quantitative estimate of drug-likeness (QED) is 0.535. The standard InChI is InChI=1S/C21H29N5O2S/c1-22-21(24-14-12-19-7-3-4-13-23-19)25-17-18-8-10-20(11-9-18)29(27,28)26-15-5-2-6-16-26/h3-4,7-11,13H,2,5-6,12,14-17H2,1H3,(H2,22,24,25). The number of piperidine rings is 1. The summed E-state index contributed by atoms with van der Waals surface area (Å²) < 4.78 is 27.0. The molecule has 1 aromatic heterocycles. The fourth-order valence-corrected chi connectivity index (χ4v) is 4.81. The minimum Gasteiger partial charge on any atom is -0.356 e. The van der Waals surface area contributed by atoms with Gasteiger partial charge in [-0.15, -0.1) is 0 Å². The lowest BCUT2D eigenvalue weighted by Crippen LogP contribution is -2.38. The van der Waals surface area contributed by atoms with Crippen LogP contribution in [0.2, 0.25) is 0 Å². The van der Waals surface area contributed by atoms with Gasteiger partial charge in [-0.1, -0.05) is 24.6 Å². The predicted octanol–water partition coefficient (Wildman–Crippen LogP) is 2.16. The van der Waals surface area contributed by atoms with Crippen molar-refractivity contribution in [2.24, 2.45) is 4.99 Å². The van der Waals surface area contributed by atoms with Crippen LogP contribution < -0.4 is 10.6 Å². The number of guanidine groups is 1. The Morgan fingerprint density at radius 2 is 1.83 bits per heavy atom. The van der Waals surface area contributed by atoms with Gasteiger partial charge in [-0.3, -0.25) is 9.98 Å². The summed E-state index contributed by atoms with van der Waals surface area (Å²) in [6.45, 7) is 2.52. The highest BCUT2D eigenvalue weighted by molar-refractivity contribution is 7.89. The summed E-state index contributed by atoms with van der Waals surface area (Å²) in [6.07, 6.45) is 5.58. The van der Waals surface area contributed by atoms with Gasteiger partial charge in [0.2, 0.25) is 10.0 Å². The lowest BCUT2D eigenvalue weighted by atomic mass is 10.2. The second kappa shape index (κ2) is 10.4. The van der Waals surface area contributed by atoms with E-state index in [0.717, 1.165) is 43.5 Å². The maximum Gasteiger partial charge on any atom is 0.243 e. The van der Waals surface area contributed by atoms with Crippen LogP contribution in [0.15, 0.2) is 58.5 Å². The van der Waals surface area contributed by atoms with Gasteiger partial charge in [0, 0.05) is 51.5 Å². The number of benzene rings is 1. The van der Waals surface area contributed by atoms with Crippen molar-refractivity contribution in [3.05, 3.63) is 59.9 Å². The van der Waals surface area contributed by atoms with E-state index in [0.29, 0.717) is 30.5 Å². The Labute approximate surface area is 173 Å². The highest BCUT2D eigenvalue weighted by Crippen LogP contribution is 2.20. The van der Waals surface area contributed by atoms with E-state index in [2.05, 4.69) is 20.6 Å². The van der Waals surface area contributed by atoms with Crippen LogP contribution in [-0.2, 0) is 23.0 Å². The Bertz CT molecular complexity index is 892. The number of nitrogens with one attached hydrogen (secondary N) is 2. The number of rotatable bonds is 7. The smallest absolute Gasteiger partial charge is 0.243 e. The third-order valence-corrected chi connectivity index (χ3v) is 6.87. The van der Waals surface area contributed by atoms with E-state index in [-0.39, 0.29) is 0 Å². The zero-order chi connectivity index (χ0) is 20.5. The van der Waals surface area contributed by atoms with Crippen LogP contribution >= 0.6 is 0 Å². The molecule has 0 unspecified atom stereocenters. The molecule has 8 heteroatoms. The van der Waals surface area contributed by atoms with Gasteiger partial charge >= 0.3 is 0 Å². The van der Waals surface area contributed by atoms with Crippen molar-refractivity contribution in [1.82, 2.24) is 19.9 Å². The van der Waals surface area contributed by atoms with Crippen LogP contribution in [0.1, 0.15) is 30.5 Å². The number of aliphatic imine (C=N–C) groups is 1. The van der Waals surface area contributed by atoms with Crippen LogP contribution in [0.3, 0.4) is 0 Å². The molecular formula is C21H29N5O2S. The van der Waals surface area contributed by atoms with E-state index in [1.165, 1.54) is 0 Å². The lowest BCUT2D eigenvalue weighted by molar-refractivity contribution is 0.346. The first-order valence-corrected chi connectivity index (χ1v) is 11.5. The highest BCUT2D eigenvalue weighted by atomic mass is 32.2. The molecule has 29 heavy (non-hydrogen) atoms. The fraction of sp³-hybridized carbons (Fsp3) is 0.429. The Balaban J connectivity index is 1.49. The molecule has 0 aliphatic carbocycles. The average Bonchev–Trinajstić information content (AvgIpc) is 2.77. The molecule has 0 radical (unpaired) electrons. The molecule has 1 aromatic carbocycles. The number of pyridine rings is 1. The molecule has 2 aromatic rings. The Hall–Kier alpha value is -2.45. The minimum absolute atomic E-state index is 0.362. The van der Waals surface area contributed by atoms with Crippen LogP contribution in [0.25, 0.3) is 0 Å². The van der Waals surface area contributed by atoms with Gasteiger partial charge in [0.05, 0.1) is 4.90 Å². The largest absolute Gasteiger partial charge is 0.356 e. The summed E-state index contributed by atoms with van der Waals surface area (Å²) >= 11 is 0. The molecule has 0 amide bonds. The van der Waals surface area contributed by atoms with Crippen LogP contribution in [0.5, 0.6) is 0 Å². The molecule has 2 N–H and O–H groups in total. The predicted molar refractivity (Wildman–Crippen MR) is 115 cm³/mol. The molecule has 1 aliphatic heterocycles. The van der Waals surface area contributed by atoms with E-state index >= 15 is 0 Å². The maximum atomic E-state index is 12.7. The van der Waals surface area contributed by atoms with Gasteiger partial charge in [0.25, 0.3) is 0 Å². The second-order valence-corrected chi connectivity index (χ2v) is 8.97. The van der Waals surface area contributed by atoms with Gasteiger partial charge < -0.3 is 10.6 Å². The van der Waals surface area contributed by atoms with Crippen LogP contribution in [0.4, 0.5) is 0 Å². The lowest BCUT2D eigenvalue weighted by Gasteiger charge is -2.25. The van der Waals surface area contributed by atoms with Crippen molar-refractivity contribution >= 4 is 16.0 Å². The van der Waals surface area contributed by atoms with Crippen molar-refractivity contribution < 1.29 is 8.42 Å². The van der Waals surface area contributed by atoms with E-state index < -0.39 is 10.0 Å². The second-order valence-electron chi connectivity index (χ2n) is 7.03. The third kappa shape index (κ3) is 6.01. The van der Waals surface area contributed by atoms with Gasteiger partial charge in [-0.2, -0.15) is 4.31 Å². The SMILES string of the molecule is CN=C(NCCc1ccccn1)NCc1ccc(S(=O)(=O)N2CCCCC2)cc1. The fourth-order valence-electron chi connectivity index (χ4n) is 3.29. The molecule has 1 aliphatic rings. The van der Waals surface area contributed by atoms with Crippen molar-refractivity contribution in [3.63, 3.8) is 0 Å². The first-order valence-electron chi connectivity index (χ1n) is 10.0. The molecule has 156 valence electrons. The van der Waals surface area contributed by atoms with Crippen molar-refractivity contribution in [1.29, 1.82) is 0 Å². The van der Waals surface area contributed by atoms with Gasteiger partial charge in [-0.05, 0) is 42.7 Å². The summed E-state index contributed by atoms with van der Waals surface area (Å²) in [4.78, 5) is 8.89. The molecule has 3 rings (SSSR count). The number of hydrogen-bond donors (Lipinski definition) is 2. The zero-order valence-corrected chi connectivity index (χ0v) is 17.7.